The van der Waals surface area contributed by atoms with Crippen LogP contribution in [0.3, 0.4) is 0 Å². The molecule has 0 saturated carbocycles. The van der Waals surface area contributed by atoms with Gasteiger partial charge in [-0.3, -0.25) is 9.59 Å². The maximum absolute atomic E-state index is 12.5. The van der Waals surface area contributed by atoms with Crippen molar-refractivity contribution < 1.29 is 14.3 Å². The first-order chi connectivity index (χ1) is 8.83. The van der Waals surface area contributed by atoms with E-state index in [-0.39, 0.29) is 17.4 Å². The van der Waals surface area contributed by atoms with Crippen molar-refractivity contribution in [2.24, 2.45) is 11.1 Å². The quantitative estimate of drug-likeness (QED) is 0.541. The number of nitrogens with two attached hydrogens (primary N) is 1. The van der Waals surface area contributed by atoms with Gasteiger partial charge in [-0.2, -0.15) is 0 Å². The van der Waals surface area contributed by atoms with Crippen molar-refractivity contribution >= 4 is 29.1 Å². The van der Waals surface area contributed by atoms with Crippen LogP contribution in [-0.4, -0.2) is 41.5 Å². The van der Waals surface area contributed by atoms with Crippen molar-refractivity contribution in [2.45, 2.75) is 40.5 Å². The first-order valence-electron chi connectivity index (χ1n) is 6.58. The average molecular weight is 288 g/mol. The van der Waals surface area contributed by atoms with Gasteiger partial charge in [0.25, 0.3) is 0 Å². The fraction of sp³-hybridized carbons (Fsp3) is 0.769. The van der Waals surface area contributed by atoms with Crippen LogP contribution < -0.4 is 5.73 Å². The van der Waals surface area contributed by atoms with E-state index in [1.54, 1.807) is 13.8 Å². The third-order valence-electron chi connectivity index (χ3n) is 3.13. The van der Waals surface area contributed by atoms with Gasteiger partial charge >= 0.3 is 5.97 Å². The second-order valence-electron chi connectivity index (χ2n) is 4.58. The first-order valence-corrected chi connectivity index (χ1v) is 6.99. The van der Waals surface area contributed by atoms with E-state index in [0.29, 0.717) is 19.6 Å². The summed E-state index contributed by atoms with van der Waals surface area (Å²) in [6, 6.07) is 0. The van der Waals surface area contributed by atoms with Gasteiger partial charge in [-0.05, 0) is 26.7 Å². The fourth-order valence-electron chi connectivity index (χ4n) is 1.66. The van der Waals surface area contributed by atoms with Crippen LogP contribution in [0.15, 0.2) is 0 Å². The average Bonchev–Trinajstić information content (AvgIpc) is 2.36. The molecule has 0 aromatic rings. The number of nitrogens with zero attached hydrogens (tertiary/aromatic N) is 1. The van der Waals surface area contributed by atoms with Crippen LogP contribution in [0, 0.1) is 5.41 Å². The summed E-state index contributed by atoms with van der Waals surface area (Å²) in [6.07, 6.45) is 1.26. The third-order valence-corrected chi connectivity index (χ3v) is 3.58. The van der Waals surface area contributed by atoms with E-state index in [9.17, 15) is 9.59 Å². The van der Waals surface area contributed by atoms with Crippen LogP contribution in [0.4, 0.5) is 0 Å². The predicted octanol–water partition coefficient (Wildman–Crippen LogP) is 1.49. The fourth-order valence-corrected chi connectivity index (χ4v) is 1.90. The van der Waals surface area contributed by atoms with Crippen LogP contribution in [0.2, 0.25) is 0 Å². The molecule has 1 amide bonds. The molecule has 0 heterocycles. The summed E-state index contributed by atoms with van der Waals surface area (Å²) in [7, 11) is 0. The molecule has 0 aliphatic carbocycles. The number of esters is 1. The molecular weight excluding hydrogens is 264 g/mol. The number of amides is 1. The minimum Gasteiger partial charge on any atom is -0.465 e. The van der Waals surface area contributed by atoms with Gasteiger partial charge in [0.2, 0.25) is 5.91 Å². The van der Waals surface area contributed by atoms with Crippen molar-refractivity contribution in [2.75, 3.05) is 19.7 Å². The molecule has 0 aliphatic rings. The minimum absolute atomic E-state index is 0.0568. The Morgan fingerprint density at radius 3 is 2.26 bits per heavy atom. The van der Waals surface area contributed by atoms with Crippen molar-refractivity contribution in [1.82, 2.24) is 4.90 Å². The normalized spacial score (nSPS) is 13.5. The topological polar surface area (TPSA) is 72.6 Å². The standard InChI is InChI=1S/C13H24N2O3S/c1-5-8-15(9-10(16)18-7-3)12(17)13(4,6-2)11(14)19/h5-9H2,1-4H3,(H2,14,19). The van der Waals surface area contributed by atoms with Crippen LogP contribution in [0.25, 0.3) is 0 Å². The van der Waals surface area contributed by atoms with Crippen molar-refractivity contribution in [3.8, 4) is 0 Å². The lowest BCUT2D eigenvalue weighted by Gasteiger charge is -2.32. The van der Waals surface area contributed by atoms with Gasteiger partial charge in [0.15, 0.2) is 0 Å². The van der Waals surface area contributed by atoms with Gasteiger partial charge in [0.05, 0.1) is 17.0 Å². The Labute approximate surface area is 120 Å². The van der Waals surface area contributed by atoms with Crippen LogP contribution in [0.1, 0.15) is 40.5 Å². The second-order valence-corrected chi connectivity index (χ2v) is 5.02. The van der Waals surface area contributed by atoms with Gasteiger partial charge in [0.1, 0.15) is 6.54 Å². The maximum atomic E-state index is 12.5. The number of hydrogen-bond donors (Lipinski definition) is 1. The molecule has 0 aliphatic heterocycles. The van der Waals surface area contributed by atoms with Crippen LogP contribution in [0.5, 0.6) is 0 Å². The van der Waals surface area contributed by atoms with E-state index in [0.717, 1.165) is 6.42 Å². The zero-order valence-corrected chi connectivity index (χ0v) is 13.0. The number of carbonyl (C=O) groups is 2. The smallest absolute Gasteiger partial charge is 0.325 e. The van der Waals surface area contributed by atoms with Crippen molar-refractivity contribution in [3.05, 3.63) is 0 Å². The molecule has 0 bridgehead atoms. The zero-order valence-electron chi connectivity index (χ0n) is 12.2. The lowest BCUT2D eigenvalue weighted by atomic mass is 9.85. The molecular formula is C13H24N2O3S. The molecule has 6 heteroatoms. The highest BCUT2D eigenvalue weighted by atomic mass is 32.1. The van der Waals surface area contributed by atoms with E-state index in [4.69, 9.17) is 22.7 Å². The van der Waals surface area contributed by atoms with E-state index in [1.165, 1.54) is 4.90 Å². The minimum atomic E-state index is -0.906. The Morgan fingerprint density at radius 2 is 1.89 bits per heavy atom. The first kappa shape index (κ1) is 17.8. The van der Waals surface area contributed by atoms with E-state index >= 15 is 0 Å². The van der Waals surface area contributed by atoms with E-state index in [1.807, 2.05) is 13.8 Å². The molecule has 0 aromatic carbocycles. The summed E-state index contributed by atoms with van der Waals surface area (Å²) in [5.41, 5.74) is 4.77. The van der Waals surface area contributed by atoms with E-state index < -0.39 is 11.4 Å². The molecule has 0 saturated heterocycles. The second kappa shape index (κ2) is 8.09. The number of thiocarbonyl (C=S) groups is 1. The maximum Gasteiger partial charge on any atom is 0.325 e. The monoisotopic (exact) mass is 288 g/mol. The predicted molar refractivity (Wildman–Crippen MR) is 78.7 cm³/mol. The highest BCUT2D eigenvalue weighted by Crippen LogP contribution is 2.25. The van der Waals surface area contributed by atoms with Gasteiger partial charge in [-0.15, -0.1) is 0 Å². The highest BCUT2D eigenvalue weighted by molar-refractivity contribution is 7.80. The molecule has 0 rings (SSSR count). The highest BCUT2D eigenvalue weighted by Gasteiger charge is 2.38. The third kappa shape index (κ3) is 4.78. The molecule has 0 radical (unpaired) electrons. The summed E-state index contributed by atoms with van der Waals surface area (Å²) >= 11 is 4.99. The van der Waals surface area contributed by atoms with Crippen molar-refractivity contribution in [1.29, 1.82) is 0 Å². The van der Waals surface area contributed by atoms with Gasteiger partial charge in [-0.25, -0.2) is 0 Å². The van der Waals surface area contributed by atoms with Crippen molar-refractivity contribution in [3.63, 3.8) is 0 Å². The summed E-state index contributed by atoms with van der Waals surface area (Å²) in [6.45, 7) is 7.96. The molecule has 0 aromatic heterocycles. The lowest BCUT2D eigenvalue weighted by Crippen LogP contribution is -2.50. The van der Waals surface area contributed by atoms with Gasteiger partial charge in [0, 0.05) is 6.54 Å². The zero-order chi connectivity index (χ0) is 15.1. The molecule has 0 fully saturated rings. The Hall–Kier alpha value is -1.17. The molecule has 110 valence electrons. The largest absolute Gasteiger partial charge is 0.465 e. The summed E-state index contributed by atoms with van der Waals surface area (Å²) in [5, 5.41) is 0. The molecule has 2 N–H and O–H groups in total. The molecule has 1 atom stereocenters. The SMILES string of the molecule is CCCN(CC(=O)OCC)C(=O)C(C)(CC)C(N)=S. The molecule has 19 heavy (non-hydrogen) atoms. The summed E-state index contributed by atoms with van der Waals surface area (Å²) < 4.78 is 4.88. The van der Waals surface area contributed by atoms with Crippen LogP contribution in [-0.2, 0) is 14.3 Å². The number of rotatable bonds is 8. The Kier molecular flexibility index (Phi) is 7.59. The number of ether oxygens (including phenoxy) is 1. The van der Waals surface area contributed by atoms with Crippen LogP contribution >= 0.6 is 12.2 Å². The summed E-state index contributed by atoms with van der Waals surface area (Å²) in [5.74, 6) is -0.622. The van der Waals surface area contributed by atoms with Gasteiger partial charge in [-0.1, -0.05) is 26.1 Å². The number of hydrogen-bond acceptors (Lipinski definition) is 4. The number of carbonyl (C=O) groups excluding carboxylic acids is 2. The molecule has 5 nitrogen and oxygen atoms in total. The van der Waals surface area contributed by atoms with Gasteiger partial charge < -0.3 is 15.4 Å². The molecule has 0 spiro atoms. The lowest BCUT2D eigenvalue weighted by molar-refractivity contribution is -0.151. The summed E-state index contributed by atoms with van der Waals surface area (Å²) in [4.78, 5) is 25.7. The Morgan fingerprint density at radius 1 is 1.32 bits per heavy atom. The Balaban J connectivity index is 5.01. The van der Waals surface area contributed by atoms with E-state index in [2.05, 4.69) is 0 Å². The Bertz CT molecular complexity index is 347. The molecule has 1 unspecified atom stereocenters.